The van der Waals surface area contributed by atoms with Crippen LogP contribution in [0.15, 0.2) is 90.4 Å². The normalized spacial score (nSPS) is 10.9. The summed E-state index contributed by atoms with van der Waals surface area (Å²) in [6, 6.07) is 20.0. The Hall–Kier alpha value is -4.26. The van der Waals surface area contributed by atoms with Gasteiger partial charge in [0.25, 0.3) is 0 Å². The zero-order chi connectivity index (χ0) is 20.1. The maximum absolute atomic E-state index is 11.1. The Kier molecular flexibility index (Phi) is 5.11. The van der Waals surface area contributed by atoms with E-state index in [0.29, 0.717) is 5.69 Å². The van der Waals surface area contributed by atoms with Crippen molar-refractivity contribution in [3.63, 3.8) is 0 Å². The second kappa shape index (κ2) is 8.18. The molecule has 0 aliphatic rings. The van der Waals surface area contributed by atoms with Crippen LogP contribution in [-0.2, 0) is 0 Å². The number of nitrogens with zero attached hydrogens (tertiary/aromatic N) is 4. The monoisotopic (exact) mass is 383 g/mol. The molecular weight excluding hydrogens is 366 g/mol. The summed E-state index contributed by atoms with van der Waals surface area (Å²) in [7, 11) is 0. The number of rotatable bonds is 6. The van der Waals surface area contributed by atoms with E-state index in [1.807, 2.05) is 48.7 Å². The summed E-state index contributed by atoms with van der Waals surface area (Å²) >= 11 is 0. The summed E-state index contributed by atoms with van der Waals surface area (Å²) < 4.78 is 1.79. The molecule has 0 aliphatic heterocycles. The van der Waals surface area contributed by atoms with Gasteiger partial charge >= 0.3 is 5.97 Å². The molecule has 0 amide bonds. The number of anilines is 1. The van der Waals surface area contributed by atoms with Crippen LogP contribution >= 0.6 is 0 Å². The fraction of sp³-hybridized carbons (Fsp3) is 0. The number of hydrogen-bond donors (Lipinski definition) is 2. The van der Waals surface area contributed by atoms with Gasteiger partial charge in [0.05, 0.1) is 23.2 Å². The molecule has 0 saturated carbocycles. The van der Waals surface area contributed by atoms with Gasteiger partial charge in [0.2, 0.25) is 0 Å². The minimum atomic E-state index is -0.986. The summed E-state index contributed by atoms with van der Waals surface area (Å²) in [5.41, 5.74) is 6.98. The molecule has 7 nitrogen and oxygen atoms in total. The Morgan fingerprint density at radius 2 is 1.93 bits per heavy atom. The molecule has 0 atom stereocenters. The van der Waals surface area contributed by atoms with Crippen molar-refractivity contribution in [1.29, 1.82) is 0 Å². The summed E-state index contributed by atoms with van der Waals surface area (Å²) in [6.45, 7) is 0. The molecule has 7 heteroatoms. The average molecular weight is 383 g/mol. The molecule has 2 N–H and O–H groups in total. The van der Waals surface area contributed by atoms with Crippen LogP contribution in [0.1, 0.15) is 15.9 Å². The summed E-state index contributed by atoms with van der Waals surface area (Å²) in [6.07, 6.45) is 7.00. The van der Waals surface area contributed by atoms with Crippen LogP contribution in [0.3, 0.4) is 0 Å². The van der Waals surface area contributed by atoms with Gasteiger partial charge in [0.15, 0.2) is 0 Å². The number of benzene rings is 2. The largest absolute Gasteiger partial charge is 0.478 e. The highest BCUT2D eigenvalue weighted by atomic mass is 16.4. The Morgan fingerprint density at radius 3 is 2.69 bits per heavy atom. The van der Waals surface area contributed by atoms with Gasteiger partial charge in [-0.3, -0.25) is 10.4 Å². The van der Waals surface area contributed by atoms with Crippen LogP contribution in [0, 0.1) is 0 Å². The van der Waals surface area contributed by atoms with Gasteiger partial charge in [-0.2, -0.15) is 10.2 Å². The van der Waals surface area contributed by atoms with Gasteiger partial charge in [-0.25, -0.2) is 9.48 Å². The number of aromatic nitrogens is 3. The van der Waals surface area contributed by atoms with Gasteiger partial charge in [-0.05, 0) is 42.5 Å². The van der Waals surface area contributed by atoms with Crippen LogP contribution in [0.2, 0.25) is 0 Å². The number of carboxylic acid groups (broad SMARTS) is 1. The molecule has 0 bridgehead atoms. The van der Waals surface area contributed by atoms with Gasteiger partial charge < -0.3 is 5.11 Å². The second-order valence-corrected chi connectivity index (χ2v) is 6.21. The summed E-state index contributed by atoms with van der Waals surface area (Å²) in [5, 5.41) is 18.1. The van der Waals surface area contributed by atoms with Gasteiger partial charge in [-0.1, -0.05) is 24.3 Å². The highest BCUT2D eigenvalue weighted by molar-refractivity contribution is 5.90. The topological polar surface area (TPSA) is 92.4 Å². The van der Waals surface area contributed by atoms with Crippen molar-refractivity contribution in [3.8, 4) is 16.9 Å². The van der Waals surface area contributed by atoms with Crippen LogP contribution in [0.4, 0.5) is 5.69 Å². The number of para-hydroxylation sites is 1. The van der Waals surface area contributed by atoms with Crippen LogP contribution in [0.25, 0.3) is 16.9 Å². The van der Waals surface area contributed by atoms with Crippen molar-refractivity contribution in [2.45, 2.75) is 0 Å². The fourth-order valence-electron chi connectivity index (χ4n) is 2.82. The number of aromatic carboxylic acids is 1. The van der Waals surface area contributed by atoms with Crippen LogP contribution in [-0.4, -0.2) is 32.1 Å². The first-order chi connectivity index (χ1) is 14.2. The van der Waals surface area contributed by atoms with E-state index in [9.17, 15) is 4.79 Å². The molecule has 0 spiro atoms. The molecule has 0 radical (unpaired) electrons. The number of hydrogen-bond acceptors (Lipinski definition) is 5. The minimum Gasteiger partial charge on any atom is -0.478 e. The van der Waals surface area contributed by atoms with E-state index in [1.165, 1.54) is 12.1 Å². The highest BCUT2D eigenvalue weighted by Crippen LogP contribution is 2.22. The SMILES string of the molecule is O=C(O)c1cccc(N/N=C/c2cn(-c3ccccc3)nc2-c2cccnc2)c1. The number of nitrogens with one attached hydrogen (secondary N) is 1. The smallest absolute Gasteiger partial charge is 0.335 e. The molecule has 2 heterocycles. The predicted molar refractivity (Wildman–Crippen MR) is 111 cm³/mol. The average Bonchev–Trinajstić information content (AvgIpc) is 3.19. The first-order valence-electron chi connectivity index (χ1n) is 8.88. The third-order valence-electron chi connectivity index (χ3n) is 4.21. The Morgan fingerprint density at radius 1 is 1.07 bits per heavy atom. The van der Waals surface area contributed by atoms with Crippen molar-refractivity contribution >= 4 is 17.9 Å². The lowest BCUT2D eigenvalue weighted by atomic mass is 10.1. The third kappa shape index (κ3) is 4.19. The van der Waals surface area contributed by atoms with Crippen molar-refractivity contribution < 1.29 is 9.90 Å². The fourth-order valence-corrected chi connectivity index (χ4v) is 2.82. The molecule has 0 saturated heterocycles. The van der Waals surface area contributed by atoms with Crippen molar-refractivity contribution in [2.24, 2.45) is 5.10 Å². The second-order valence-electron chi connectivity index (χ2n) is 6.21. The van der Waals surface area contributed by atoms with E-state index >= 15 is 0 Å². The zero-order valence-corrected chi connectivity index (χ0v) is 15.3. The maximum atomic E-state index is 11.1. The van der Waals surface area contributed by atoms with E-state index < -0.39 is 5.97 Å². The summed E-state index contributed by atoms with van der Waals surface area (Å²) in [5.74, 6) is -0.986. The van der Waals surface area contributed by atoms with Crippen LogP contribution < -0.4 is 5.43 Å². The molecule has 2 aromatic carbocycles. The van der Waals surface area contributed by atoms with Gasteiger partial charge in [0, 0.05) is 29.7 Å². The Balaban J connectivity index is 1.65. The number of carbonyl (C=O) groups is 1. The number of hydrazone groups is 1. The Bertz CT molecular complexity index is 1150. The maximum Gasteiger partial charge on any atom is 0.335 e. The van der Waals surface area contributed by atoms with Gasteiger partial charge in [0.1, 0.15) is 5.69 Å². The Labute approximate surface area is 167 Å². The molecule has 0 fully saturated rings. The first-order valence-corrected chi connectivity index (χ1v) is 8.88. The molecule has 142 valence electrons. The van der Waals surface area contributed by atoms with Crippen molar-refractivity contribution in [2.75, 3.05) is 5.43 Å². The standard InChI is InChI=1S/C22H17N5O2/c28-22(29)16-6-4-8-19(12-16)25-24-14-18-15-27(20-9-2-1-3-10-20)26-21(18)17-7-5-11-23-13-17/h1-15,25H,(H,28,29)/b24-14+. The molecule has 0 aliphatic carbocycles. The number of carboxylic acids is 1. The van der Waals surface area contributed by atoms with Crippen molar-refractivity contribution in [3.05, 3.63) is 96.4 Å². The lowest BCUT2D eigenvalue weighted by Gasteiger charge is -2.01. The quantitative estimate of drug-likeness (QED) is 0.387. The lowest BCUT2D eigenvalue weighted by Crippen LogP contribution is -1.97. The number of pyridine rings is 1. The third-order valence-corrected chi connectivity index (χ3v) is 4.21. The first kappa shape index (κ1) is 18.1. The minimum absolute atomic E-state index is 0.193. The van der Waals surface area contributed by atoms with Crippen LogP contribution in [0.5, 0.6) is 0 Å². The van der Waals surface area contributed by atoms with E-state index in [1.54, 1.807) is 35.4 Å². The highest BCUT2D eigenvalue weighted by Gasteiger charge is 2.11. The zero-order valence-electron chi connectivity index (χ0n) is 15.3. The summed E-state index contributed by atoms with van der Waals surface area (Å²) in [4.78, 5) is 15.3. The lowest BCUT2D eigenvalue weighted by molar-refractivity contribution is 0.0697. The molecule has 2 aromatic heterocycles. The predicted octanol–water partition coefficient (Wildman–Crippen LogP) is 4.08. The van der Waals surface area contributed by atoms with E-state index in [-0.39, 0.29) is 5.56 Å². The van der Waals surface area contributed by atoms with E-state index in [2.05, 4.69) is 15.5 Å². The molecule has 4 rings (SSSR count). The van der Waals surface area contributed by atoms with E-state index in [4.69, 9.17) is 10.2 Å². The van der Waals surface area contributed by atoms with E-state index in [0.717, 1.165) is 22.5 Å². The molecule has 29 heavy (non-hydrogen) atoms. The van der Waals surface area contributed by atoms with Crippen molar-refractivity contribution in [1.82, 2.24) is 14.8 Å². The van der Waals surface area contributed by atoms with Gasteiger partial charge in [-0.15, -0.1) is 0 Å². The molecule has 4 aromatic rings. The molecular formula is C22H17N5O2. The molecule has 0 unspecified atom stereocenters.